The molecule has 4 heterocycles. The number of benzene rings is 1. The molecule has 2 saturated heterocycles. The van der Waals surface area contributed by atoms with Gasteiger partial charge in [-0.1, -0.05) is 36.4 Å². The molecule has 8 nitrogen and oxygen atoms in total. The maximum Gasteiger partial charge on any atom is 0.194 e. The predicted octanol–water partition coefficient (Wildman–Crippen LogP) is 1.39. The van der Waals surface area contributed by atoms with Crippen LogP contribution in [0.1, 0.15) is 11.4 Å². The number of hydrogen-bond acceptors (Lipinski definition) is 5. The fraction of sp³-hybridized carbons (Fsp3) is 0.409. The second-order valence-electron chi connectivity index (χ2n) is 7.78. The number of morpholine rings is 1. The summed E-state index contributed by atoms with van der Waals surface area (Å²) in [5.41, 5.74) is 2.19. The first-order valence-electron chi connectivity index (χ1n) is 10.5. The lowest BCUT2D eigenvalue weighted by molar-refractivity contribution is -0.0502. The maximum absolute atomic E-state index is 6.11. The van der Waals surface area contributed by atoms with E-state index in [-0.39, 0.29) is 6.10 Å². The predicted molar refractivity (Wildman–Crippen MR) is 115 cm³/mol. The van der Waals surface area contributed by atoms with Crippen molar-refractivity contribution in [1.82, 2.24) is 29.7 Å². The number of aromatic nitrogens is 3. The van der Waals surface area contributed by atoms with Crippen molar-refractivity contribution in [2.45, 2.75) is 25.2 Å². The van der Waals surface area contributed by atoms with Gasteiger partial charge in [0.25, 0.3) is 0 Å². The molecule has 156 valence electrons. The van der Waals surface area contributed by atoms with E-state index in [1.54, 1.807) is 0 Å². The monoisotopic (exact) mass is 405 g/mol. The summed E-state index contributed by atoms with van der Waals surface area (Å²) in [6.45, 7) is 5.00. The van der Waals surface area contributed by atoms with E-state index in [0.29, 0.717) is 12.6 Å². The molecule has 1 aromatic carbocycles. The lowest BCUT2D eigenvalue weighted by Crippen LogP contribution is -2.50. The van der Waals surface area contributed by atoms with Crippen LogP contribution in [-0.4, -0.2) is 75.8 Å². The van der Waals surface area contributed by atoms with Crippen LogP contribution in [0.4, 0.5) is 0 Å². The Morgan fingerprint density at radius 2 is 2.00 bits per heavy atom. The van der Waals surface area contributed by atoms with Gasteiger partial charge in [-0.15, -0.1) is 10.2 Å². The molecule has 0 amide bonds. The Bertz CT molecular complexity index is 1020. The highest BCUT2D eigenvalue weighted by Crippen LogP contribution is 2.24. The Balaban J connectivity index is 1.25. The summed E-state index contributed by atoms with van der Waals surface area (Å²) in [6, 6.07) is 16.9. The van der Waals surface area contributed by atoms with E-state index in [0.717, 1.165) is 50.2 Å². The Hall–Kier alpha value is -2.97. The largest absolute Gasteiger partial charge is 0.373 e. The van der Waals surface area contributed by atoms with Crippen LogP contribution in [0, 0.1) is 0 Å². The van der Waals surface area contributed by atoms with Gasteiger partial charge in [-0.3, -0.25) is 14.3 Å². The minimum Gasteiger partial charge on any atom is -0.373 e. The van der Waals surface area contributed by atoms with Gasteiger partial charge in [0.15, 0.2) is 17.4 Å². The third-order valence-electron chi connectivity index (χ3n) is 5.95. The average Bonchev–Trinajstić information content (AvgIpc) is 3.40. The molecule has 2 unspecified atom stereocenters. The maximum atomic E-state index is 6.11. The first-order valence-corrected chi connectivity index (χ1v) is 10.5. The van der Waals surface area contributed by atoms with Crippen LogP contribution in [0.3, 0.4) is 0 Å². The zero-order valence-electron chi connectivity index (χ0n) is 17.2. The van der Waals surface area contributed by atoms with Crippen LogP contribution < -0.4 is 5.32 Å². The summed E-state index contributed by atoms with van der Waals surface area (Å²) in [4.78, 5) is 9.35. The Kier molecular flexibility index (Phi) is 5.33. The first kappa shape index (κ1) is 19.0. The average molecular weight is 406 g/mol. The van der Waals surface area contributed by atoms with Gasteiger partial charge in [-0.05, 0) is 17.7 Å². The lowest BCUT2D eigenvalue weighted by atomic mass is 10.1. The van der Waals surface area contributed by atoms with E-state index in [1.165, 1.54) is 5.56 Å². The van der Waals surface area contributed by atoms with Crippen molar-refractivity contribution in [1.29, 1.82) is 0 Å². The Labute approximate surface area is 176 Å². The van der Waals surface area contributed by atoms with E-state index < -0.39 is 0 Å². The van der Waals surface area contributed by atoms with Crippen LogP contribution in [0.5, 0.6) is 0 Å². The minimum absolute atomic E-state index is 0.204. The summed E-state index contributed by atoms with van der Waals surface area (Å²) in [5, 5.41) is 12.0. The molecule has 0 radical (unpaired) electrons. The molecule has 30 heavy (non-hydrogen) atoms. The second-order valence-corrected chi connectivity index (χ2v) is 7.78. The van der Waals surface area contributed by atoms with Crippen LogP contribution in [0.2, 0.25) is 0 Å². The highest BCUT2D eigenvalue weighted by atomic mass is 16.5. The Morgan fingerprint density at radius 1 is 1.13 bits per heavy atom. The minimum atomic E-state index is 0.204. The second kappa shape index (κ2) is 8.41. The summed E-state index contributed by atoms with van der Waals surface area (Å²) < 4.78 is 8.10. The van der Waals surface area contributed by atoms with Crippen LogP contribution >= 0.6 is 0 Å². The van der Waals surface area contributed by atoms with Gasteiger partial charge in [-0.2, -0.15) is 0 Å². The molecule has 0 saturated carbocycles. The topological polar surface area (TPSA) is 70.3 Å². The van der Waals surface area contributed by atoms with Crippen molar-refractivity contribution in [3.63, 3.8) is 0 Å². The molecule has 2 atom stereocenters. The van der Waals surface area contributed by atoms with E-state index in [9.17, 15) is 0 Å². The highest BCUT2D eigenvalue weighted by Gasteiger charge is 2.41. The number of ether oxygens (including phenoxy) is 1. The molecular formula is C22H27N7O. The molecule has 2 fully saturated rings. The summed E-state index contributed by atoms with van der Waals surface area (Å²) in [5.74, 6) is 1.74. The zero-order valence-corrected chi connectivity index (χ0v) is 17.2. The third kappa shape index (κ3) is 3.76. The van der Waals surface area contributed by atoms with Crippen LogP contribution in [-0.2, 0) is 17.8 Å². The van der Waals surface area contributed by atoms with Gasteiger partial charge in [0, 0.05) is 39.4 Å². The molecule has 2 aliphatic rings. The summed E-state index contributed by atoms with van der Waals surface area (Å²) in [6.07, 6.45) is 2.18. The highest BCUT2D eigenvalue weighted by molar-refractivity contribution is 5.80. The molecule has 8 heteroatoms. The molecule has 2 aliphatic heterocycles. The van der Waals surface area contributed by atoms with Gasteiger partial charge in [0.1, 0.15) is 0 Å². The number of aliphatic imine (C=N–C) groups is 1. The van der Waals surface area contributed by atoms with Gasteiger partial charge < -0.3 is 15.0 Å². The van der Waals surface area contributed by atoms with Crippen molar-refractivity contribution in [2.24, 2.45) is 4.99 Å². The quantitative estimate of drug-likeness (QED) is 0.523. The number of rotatable bonds is 4. The molecule has 5 rings (SSSR count). The first-order chi connectivity index (χ1) is 14.8. The normalized spacial score (nSPS) is 22.4. The van der Waals surface area contributed by atoms with Gasteiger partial charge in [0.05, 0.1) is 25.3 Å². The van der Waals surface area contributed by atoms with E-state index in [1.807, 2.05) is 35.8 Å². The molecule has 3 aromatic rings. The van der Waals surface area contributed by atoms with Crippen molar-refractivity contribution in [3.8, 4) is 0 Å². The van der Waals surface area contributed by atoms with Crippen molar-refractivity contribution in [2.75, 3.05) is 33.3 Å². The van der Waals surface area contributed by atoms with Gasteiger partial charge in [0.2, 0.25) is 0 Å². The fourth-order valence-electron chi connectivity index (χ4n) is 4.45. The number of pyridine rings is 1. The van der Waals surface area contributed by atoms with Gasteiger partial charge in [-0.25, -0.2) is 0 Å². The Morgan fingerprint density at radius 3 is 2.87 bits per heavy atom. The van der Waals surface area contributed by atoms with Crippen LogP contribution in [0.15, 0.2) is 59.7 Å². The molecule has 1 N–H and O–H groups in total. The van der Waals surface area contributed by atoms with Gasteiger partial charge >= 0.3 is 0 Å². The molecule has 0 aliphatic carbocycles. The SMILES string of the molecule is CN=C(NCc1nnc2ccccn12)N1CC2OCCN(Cc3ccccc3)C2C1. The third-order valence-corrected chi connectivity index (χ3v) is 5.95. The van der Waals surface area contributed by atoms with E-state index >= 15 is 0 Å². The number of likely N-dealkylation sites (tertiary alicyclic amines) is 1. The van der Waals surface area contributed by atoms with E-state index in [2.05, 4.69) is 60.6 Å². The van der Waals surface area contributed by atoms with Crippen molar-refractivity contribution >= 4 is 11.6 Å². The van der Waals surface area contributed by atoms with Crippen LogP contribution in [0.25, 0.3) is 5.65 Å². The number of guanidine groups is 1. The lowest BCUT2D eigenvalue weighted by Gasteiger charge is -2.36. The summed E-state index contributed by atoms with van der Waals surface area (Å²) >= 11 is 0. The van der Waals surface area contributed by atoms with E-state index in [4.69, 9.17) is 4.74 Å². The molecule has 0 bridgehead atoms. The molecular weight excluding hydrogens is 378 g/mol. The number of hydrogen-bond donors (Lipinski definition) is 1. The standard InChI is InChI=1S/C22H27N7O/c1-23-22(24-13-21-26-25-20-9-5-6-10-29(20)21)28-15-18-19(16-28)30-12-11-27(18)14-17-7-3-2-4-8-17/h2-10,18-19H,11-16H2,1H3,(H,23,24). The summed E-state index contributed by atoms with van der Waals surface area (Å²) in [7, 11) is 1.83. The fourth-order valence-corrected chi connectivity index (χ4v) is 4.45. The zero-order chi connectivity index (χ0) is 20.3. The number of fused-ring (bicyclic) bond motifs is 2. The van der Waals surface area contributed by atoms with Crippen molar-refractivity contribution in [3.05, 3.63) is 66.1 Å². The number of nitrogens with zero attached hydrogens (tertiary/aromatic N) is 6. The molecule has 0 spiro atoms. The smallest absolute Gasteiger partial charge is 0.194 e. The number of nitrogens with one attached hydrogen (secondary N) is 1. The van der Waals surface area contributed by atoms with Crippen molar-refractivity contribution < 1.29 is 4.74 Å². The molecule has 2 aromatic heterocycles.